The molecule has 0 aliphatic carbocycles. The first-order valence-corrected chi connectivity index (χ1v) is 5.51. The molecule has 0 aliphatic rings. The minimum absolute atomic E-state index is 0.0199. The first-order chi connectivity index (χ1) is 9.22. The molecule has 0 saturated carbocycles. The lowest BCUT2D eigenvalue weighted by Gasteiger charge is -2.05. The van der Waals surface area contributed by atoms with E-state index in [9.17, 15) is 4.79 Å². The summed E-state index contributed by atoms with van der Waals surface area (Å²) in [6.07, 6.45) is 2.62. The van der Waals surface area contributed by atoms with Crippen molar-refractivity contribution in [3.63, 3.8) is 0 Å². The molecule has 19 heavy (non-hydrogen) atoms. The summed E-state index contributed by atoms with van der Waals surface area (Å²) in [5.41, 5.74) is 0.907. The Balaban J connectivity index is 2.08. The summed E-state index contributed by atoms with van der Waals surface area (Å²) >= 11 is 0. The minimum Gasteiger partial charge on any atom is -0.464 e. The molecule has 0 unspecified atom stereocenters. The highest BCUT2D eigenvalue weighted by molar-refractivity contribution is 5.86. The number of rotatable bonds is 4. The van der Waals surface area contributed by atoms with E-state index in [4.69, 9.17) is 9.84 Å². The van der Waals surface area contributed by atoms with E-state index in [1.807, 2.05) is 0 Å². The quantitative estimate of drug-likeness (QED) is 0.840. The fraction of sp³-hybridized carbons (Fsp3) is 0.154. The van der Waals surface area contributed by atoms with Gasteiger partial charge in [-0.05, 0) is 17.7 Å². The number of hydrogen-bond donors (Lipinski definition) is 1. The lowest BCUT2D eigenvalue weighted by atomic mass is 10.2. The summed E-state index contributed by atoms with van der Waals surface area (Å²) < 4.78 is 9.95. The van der Waals surface area contributed by atoms with E-state index in [-0.39, 0.29) is 18.2 Å². The van der Waals surface area contributed by atoms with Crippen molar-refractivity contribution in [2.75, 3.05) is 7.11 Å². The molecule has 1 aromatic carbocycles. The molecule has 6 heteroatoms. The number of nitrogens with zero attached hydrogens (tertiary/aromatic N) is 2. The molecule has 2 rings (SSSR count). The second kappa shape index (κ2) is 5.92. The lowest BCUT2D eigenvalue weighted by molar-refractivity contribution is 0.0593. The SMILES string of the molecule is COC(=O)c1cnc(Oc2ccc(CO)cc2)cn1. The standard InChI is InChI=1S/C13H12N2O4/c1-18-13(17)11-6-15-12(7-14-11)19-10-4-2-9(8-16)3-5-10/h2-7,16H,8H2,1H3. The second-order valence-corrected chi connectivity index (χ2v) is 3.64. The molecule has 0 bridgehead atoms. The second-order valence-electron chi connectivity index (χ2n) is 3.64. The highest BCUT2D eigenvalue weighted by atomic mass is 16.5. The van der Waals surface area contributed by atoms with Crippen LogP contribution in [0.3, 0.4) is 0 Å². The molecule has 0 radical (unpaired) electrons. The fourth-order valence-electron chi connectivity index (χ4n) is 1.36. The first-order valence-electron chi connectivity index (χ1n) is 5.51. The Kier molecular flexibility index (Phi) is 4.04. The van der Waals surface area contributed by atoms with Gasteiger partial charge in [-0.15, -0.1) is 0 Å². The summed E-state index contributed by atoms with van der Waals surface area (Å²) in [5, 5.41) is 8.92. The van der Waals surface area contributed by atoms with Crippen LogP contribution in [0.4, 0.5) is 0 Å². The molecule has 2 aromatic rings. The smallest absolute Gasteiger partial charge is 0.358 e. The number of carbonyl (C=O) groups is 1. The Labute approximate surface area is 109 Å². The first kappa shape index (κ1) is 13.0. The number of esters is 1. The summed E-state index contributed by atoms with van der Waals surface area (Å²) in [4.78, 5) is 19.0. The van der Waals surface area contributed by atoms with Crippen LogP contribution in [-0.4, -0.2) is 28.2 Å². The number of methoxy groups -OCH3 is 1. The largest absolute Gasteiger partial charge is 0.464 e. The molecule has 0 spiro atoms. The molecule has 0 saturated heterocycles. The zero-order valence-electron chi connectivity index (χ0n) is 10.2. The molecule has 0 atom stereocenters. The average Bonchev–Trinajstić information content (AvgIpc) is 2.48. The summed E-state index contributed by atoms with van der Waals surface area (Å²) in [6.45, 7) is -0.0199. The van der Waals surface area contributed by atoms with Crippen LogP contribution in [0.1, 0.15) is 16.1 Å². The van der Waals surface area contributed by atoms with Crippen molar-refractivity contribution < 1.29 is 19.4 Å². The fourth-order valence-corrected chi connectivity index (χ4v) is 1.36. The molecule has 0 fully saturated rings. The van der Waals surface area contributed by atoms with Gasteiger partial charge < -0.3 is 14.6 Å². The van der Waals surface area contributed by atoms with Gasteiger partial charge in [0.1, 0.15) is 5.75 Å². The third-order valence-electron chi connectivity index (χ3n) is 2.35. The van der Waals surface area contributed by atoms with Crippen LogP contribution in [0, 0.1) is 0 Å². The number of hydrogen-bond acceptors (Lipinski definition) is 6. The predicted molar refractivity (Wildman–Crippen MR) is 65.8 cm³/mol. The van der Waals surface area contributed by atoms with E-state index in [0.29, 0.717) is 5.75 Å². The molecule has 1 aromatic heterocycles. The van der Waals surface area contributed by atoms with Gasteiger partial charge in [0, 0.05) is 0 Å². The number of benzene rings is 1. The Hall–Kier alpha value is -2.47. The Morgan fingerprint density at radius 2 is 1.95 bits per heavy atom. The van der Waals surface area contributed by atoms with Gasteiger partial charge in [-0.3, -0.25) is 0 Å². The van der Waals surface area contributed by atoms with Gasteiger partial charge in [0.2, 0.25) is 5.88 Å². The van der Waals surface area contributed by atoms with Gasteiger partial charge in [0.15, 0.2) is 5.69 Å². The van der Waals surface area contributed by atoms with Crippen LogP contribution in [0.15, 0.2) is 36.7 Å². The zero-order chi connectivity index (χ0) is 13.7. The van der Waals surface area contributed by atoms with Crippen molar-refractivity contribution in [2.45, 2.75) is 6.61 Å². The maximum absolute atomic E-state index is 11.2. The van der Waals surface area contributed by atoms with Gasteiger partial charge >= 0.3 is 5.97 Å². The molecule has 98 valence electrons. The normalized spacial score (nSPS) is 10.0. The summed E-state index contributed by atoms with van der Waals surface area (Å²) in [5.74, 6) is 0.285. The van der Waals surface area contributed by atoms with Crippen LogP contribution in [0.25, 0.3) is 0 Å². The number of aliphatic hydroxyl groups is 1. The Morgan fingerprint density at radius 3 is 2.47 bits per heavy atom. The van der Waals surface area contributed by atoms with E-state index >= 15 is 0 Å². The third kappa shape index (κ3) is 3.26. The van der Waals surface area contributed by atoms with Crippen molar-refractivity contribution in [3.8, 4) is 11.6 Å². The van der Waals surface area contributed by atoms with Gasteiger partial charge in [0.25, 0.3) is 0 Å². The topological polar surface area (TPSA) is 81.5 Å². The number of ether oxygens (including phenoxy) is 2. The summed E-state index contributed by atoms with van der Waals surface area (Å²) in [7, 11) is 1.27. The molecule has 1 N–H and O–H groups in total. The van der Waals surface area contributed by atoms with E-state index in [2.05, 4.69) is 14.7 Å². The number of aromatic nitrogens is 2. The molecular formula is C13H12N2O4. The molecule has 0 aliphatic heterocycles. The van der Waals surface area contributed by atoms with Crippen LogP contribution in [0.5, 0.6) is 11.6 Å². The average molecular weight is 260 g/mol. The van der Waals surface area contributed by atoms with Crippen LogP contribution in [-0.2, 0) is 11.3 Å². The van der Waals surface area contributed by atoms with Gasteiger partial charge in [-0.1, -0.05) is 12.1 Å². The number of aliphatic hydroxyl groups excluding tert-OH is 1. The minimum atomic E-state index is -0.550. The zero-order valence-corrected chi connectivity index (χ0v) is 10.2. The predicted octanol–water partition coefficient (Wildman–Crippen LogP) is 1.55. The van der Waals surface area contributed by atoms with Crippen molar-refractivity contribution >= 4 is 5.97 Å². The van der Waals surface area contributed by atoms with Gasteiger partial charge in [0.05, 0.1) is 26.1 Å². The van der Waals surface area contributed by atoms with E-state index < -0.39 is 5.97 Å². The van der Waals surface area contributed by atoms with Crippen molar-refractivity contribution in [1.29, 1.82) is 0 Å². The molecule has 6 nitrogen and oxygen atoms in total. The van der Waals surface area contributed by atoms with Crippen LogP contribution >= 0.6 is 0 Å². The molecule has 0 amide bonds. The highest BCUT2D eigenvalue weighted by Crippen LogP contribution is 2.19. The maximum Gasteiger partial charge on any atom is 0.358 e. The maximum atomic E-state index is 11.2. The van der Waals surface area contributed by atoms with Crippen LogP contribution < -0.4 is 4.74 Å². The monoisotopic (exact) mass is 260 g/mol. The molecule has 1 heterocycles. The number of carbonyl (C=O) groups excluding carboxylic acids is 1. The van der Waals surface area contributed by atoms with Crippen molar-refractivity contribution in [2.24, 2.45) is 0 Å². The third-order valence-corrected chi connectivity index (χ3v) is 2.35. The van der Waals surface area contributed by atoms with Crippen LogP contribution in [0.2, 0.25) is 0 Å². The summed E-state index contributed by atoms with van der Waals surface area (Å²) in [6, 6.07) is 6.90. The Morgan fingerprint density at radius 1 is 1.21 bits per heavy atom. The van der Waals surface area contributed by atoms with Crippen molar-refractivity contribution in [1.82, 2.24) is 9.97 Å². The van der Waals surface area contributed by atoms with E-state index in [0.717, 1.165) is 5.56 Å². The molecular weight excluding hydrogens is 248 g/mol. The Bertz CT molecular complexity index is 552. The van der Waals surface area contributed by atoms with Gasteiger partial charge in [-0.25, -0.2) is 14.8 Å². The van der Waals surface area contributed by atoms with Crippen molar-refractivity contribution in [3.05, 3.63) is 47.9 Å². The van der Waals surface area contributed by atoms with Gasteiger partial charge in [-0.2, -0.15) is 0 Å². The highest BCUT2D eigenvalue weighted by Gasteiger charge is 2.08. The van der Waals surface area contributed by atoms with E-state index in [1.54, 1.807) is 24.3 Å². The van der Waals surface area contributed by atoms with E-state index in [1.165, 1.54) is 19.5 Å². The lowest BCUT2D eigenvalue weighted by Crippen LogP contribution is -2.04.